The number of anilines is 2. The smallest absolute Gasteiger partial charge is 0.145 e. The van der Waals surface area contributed by atoms with Gasteiger partial charge in [0.1, 0.15) is 17.5 Å². The molecule has 3 N–H and O–H groups in total. The molecule has 0 saturated heterocycles. The molecule has 0 aromatic carbocycles. The predicted molar refractivity (Wildman–Crippen MR) is 84.5 cm³/mol. The van der Waals surface area contributed by atoms with Crippen molar-refractivity contribution in [2.75, 3.05) is 50.8 Å². The molecule has 120 valence electrons. The molecule has 0 spiro atoms. The zero-order chi connectivity index (χ0) is 15.7. The molecule has 1 aromatic heterocycles. The number of hydrogen-bond donors (Lipinski definition) is 2. The number of methoxy groups -OCH3 is 2. The fraction of sp³-hybridized carbons (Fsp3) is 0.714. The van der Waals surface area contributed by atoms with Crippen LogP contribution < -0.4 is 16.2 Å². The number of nitrogen functional groups attached to an aromatic ring is 1. The van der Waals surface area contributed by atoms with Crippen molar-refractivity contribution in [1.82, 2.24) is 9.97 Å². The van der Waals surface area contributed by atoms with Gasteiger partial charge in [-0.05, 0) is 6.42 Å². The second-order valence-electron chi connectivity index (χ2n) is 5.09. The van der Waals surface area contributed by atoms with E-state index in [1.54, 1.807) is 14.2 Å². The van der Waals surface area contributed by atoms with Crippen LogP contribution in [0, 0.1) is 0 Å². The molecule has 0 aliphatic carbocycles. The lowest BCUT2D eigenvalue weighted by molar-refractivity contribution is 0.191. The van der Waals surface area contributed by atoms with E-state index in [1.165, 1.54) is 0 Å². The average molecular weight is 297 g/mol. The standard InChI is InChI=1S/C14H27N5O2/c1-11(2)14-16-12(18-15)10-13(17-14)19(7-9-21-4)6-5-8-20-3/h10-11H,5-9,15H2,1-4H3,(H,16,17,18). The van der Waals surface area contributed by atoms with Crippen molar-refractivity contribution in [3.8, 4) is 0 Å². The van der Waals surface area contributed by atoms with Crippen LogP contribution in [0.25, 0.3) is 0 Å². The summed E-state index contributed by atoms with van der Waals surface area (Å²) < 4.78 is 10.3. The number of hydrogen-bond acceptors (Lipinski definition) is 7. The fourth-order valence-electron chi connectivity index (χ4n) is 1.89. The number of nitrogens with one attached hydrogen (secondary N) is 1. The Morgan fingerprint density at radius 2 is 1.90 bits per heavy atom. The minimum atomic E-state index is 0.236. The van der Waals surface area contributed by atoms with Crippen molar-refractivity contribution >= 4 is 11.6 Å². The molecular weight excluding hydrogens is 270 g/mol. The number of nitrogens with two attached hydrogens (primary N) is 1. The van der Waals surface area contributed by atoms with Crippen LogP contribution in [0.2, 0.25) is 0 Å². The SMILES string of the molecule is COCCCN(CCOC)c1cc(NN)nc(C(C)C)n1. The molecule has 0 amide bonds. The Hall–Kier alpha value is -1.44. The molecule has 7 nitrogen and oxygen atoms in total. The van der Waals surface area contributed by atoms with Crippen LogP contribution in [-0.4, -0.2) is 50.5 Å². The van der Waals surface area contributed by atoms with Crippen molar-refractivity contribution < 1.29 is 9.47 Å². The van der Waals surface area contributed by atoms with Gasteiger partial charge in [0.15, 0.2) is 0 Å². The van der Waals surface area contributed by atoms with Gasteiger partial charge in [-0.3, -0.25) is 0 Å². The lowest BCUT2D eigenvalue weighted by Crippen LogP contribution is -2.30. The van der Waals surface area contributed by atoms with Crippen molar-refractivity contribution in [3.05, 3.63) is 11.9 Å². The normalized spacial score (nSPS) is 11.0. The maximum atomic E-state index is 5.51. The Bertz CT molecular complexity index is 414. The molecule has 0 atom stereocenters. The van der Waals surface area contributed by atoms with Crippen molar-refractivity contribution in [1.29, 1.82) is 0 Å². The first kappa shape index (κ1) is 17.6. The molecule has 0 radical (unpaired) electrons. The van der Waals surface area contributed by atoms with E-state index in [0.717, 1.165) is 31.2 Å². The summed E-state index contributed by atoms with van der Waals surface area (Å²) >= 11 is 0. The van der Waals surface area contributed by atoms with Crippen molar-refractivity contribution in [3.63, 3.8) is 0 Å². The maximum absolute atomic E-state index is 5.51. The predicted octanol–water partition coefficient (Wildman–Crippen LogP) is 1.37. The van der Waals surface area contributed by atoms with E-state index in [4.69, 9.17) is 15.3 Å². The molecule has 7 heteroatoms. The second kappa shape index (κ2) is 9.49. The van der Waals surface area contributed by atoms with E-state index in [-0.39, 0.29) is 5.92 Å². The number of rotatable bonds is 10. The first-order valence-electron chi connectivity index (χ1n) is 7.20. The minimum absolute atomic E-state index is 0.236. The minimum Gasteiger partial charge on any atom is -0.385 e. The van der Waals surface area contributed by atoms with Gasteiger partial charge in [0.25, 0.3) is 0 Å². The number of aromatic nitrogens is 2. The largest absolute Gasteiger partial charge is 0.385 e. The highest BCUT2D eigenvalue weighted by Crippen LogP contribution is 2.19. The summed E-state index contributed by atoms with van der Waals surface area (Å²) in [5, 5.41) is 0. The van der Waals surface area contributed by atoms with Crippen molar-refractivity contribution in [2.45, 2.75) is 26.2 Å². The van der Waals surface area contributed by atoms with Crippen LogP contribution in [0.3, 0.4) is 0 Å². The van der Waals surface area contributed by atoms with E-state index in [9.17, 15) is 0 Å². The zero-order valence-corrected chi connectivity index (χ0v) is 13.4. The van der Waals surface area contributed by atoms with Gasteiger partial charge in [-0.25, -0.2) is 15.8 Å². The van der Waals surface area contributed by atoms with Crippen LogP contribution in [-0.2, 0) is 9.47 Å². The molecule has 1 rings (SSSR count). The van der Waals surface area contributed by atoms with Gasteiger partial charge in [0.05, 0.1) is 6.61 Å². The van der Waals surface area contributed by atoms with Crippen LogP contribution >= 0.6 is 0 Å². The first-order valence-corrected chi connectivity index (χ1v) is 7.20. The van der Waals surface area contributed by atoms with Crippen molar-refractivity contribution in [2.24, 2.45) is 5.84 Å². The lowest BCUT2D eigenvalue weighted by atomic mass is 10.2. The van der Waals surface area contributed by atoms with E-state index < -0.39 is 0 Å². The summed E-state index contributed by atoms with van der Waals surface area (Å²) in [4.78, 5) is 11.2. The highest BCUT2D eigenvalue weighted by atomic mass is 16.5. The van der Waals surface area contributed by atoms with Gasteiger partial charge in [0, 0.05) is 45.9 Å². The zero-order valence-electron chi connectivity index (χ0n) is 13.4. The molecule has 0 aliphatic rings. The third-order valence-electron chi connectivity index (χ3n) is 3.06. The molecule has 0 fully saturated rings. The quantitative estimate of drug-likeness (QED) is 0.383. The Labute approximate surface area is 126 Å². The van der Waals surface area contributed by atoms with Crippen LogP contribution in [0.5, 0.6) is 0 Å². The molecule has 21 heavy (non-hydrogen) atoms. The summed E-state index contributed by atoms with van der Waals surface area (Å²) in [6.45, 7) is 7.08. The Morgan fingerprint density at radius 1 is 1.19 bits per heavy atom. The van der Waals surface area contributed by atoms with Crippen LogP contribution in [0.1, 0.15) is 32.0 Å². The topological polar surface area (TPSA) is 85.5 Å². The Morgan fingerprint density at radius 3 is 2.48 bits per heavy atom. The average Bonchev–Trinajstić information content (AvgIpc) is 2.50. The summed E-state index contributed by atoms with van der Waals surface area (Å²) in [7, 11) is 3.40. The maximum Gasteiger partial charge on any atom is 0.145 e. The number of nitrogens with zero attached hydrogens (tertiary/aromatic N) is 3. The first-order chi connectivity index (χ1) is 10.1. The number of ether oxygens (including phenoxy) is 2. The molecular formula is C14H27N5O2. The van der Waals surface area contributed by atoms with E-state index in [1.807, 2.05) is 6.07 Å². The highest BCUT2D eigenvalue weighted by Gasteiger charge is 2.13. The fourth-order valence-corrected chi connectivity index (χ4v) is 1.89. The Kier molecular flexibility index (Phi) is 7.96. The van der Waals surface area contributed by atoms with Gasteiger partial charge >= 0.3 is 0 Å². The molecule has 1 heterocycles. The highest BCUT2D eigenvalue weighted by molar-refractivity contribution is 5.49. The van der Waals surface area contributed by atoms with E-state index in [2.05, 4.69) is 34.1 Å². The summed E-state index contributed by atoms with van der Waals surface area (Å²) in [6, 6.07) is 1.86. The van der Waals surface area contributed by atoms with E-state index >= 15 is 0 Å². The molecule has 0 unspecified atom stereocenters. The van der Waals surface area contributed by atoms with Gasteiger partial charge in [-0.1, -0.05) is 13.8 Å². The third-order valence-corrected chi connectivity index (χ3v) is 3.06. The second-order valence-corrected chi connectivity index (χ2v) is 5.09. The summed E-state index contributed by atoms with van der Waals surface area (Å²) in [6.07, 6.45) is 0.923. The molecule has 0 aliphatic heterocycles. The summed E-state index contributed by atoms with van der Waals surface area (Å²) in [5.74, 6) is 7.99. The lowest BCUT2D eigenvalue weighted by Gasteiger charge is -2.24. The molecule has 0 saturated carbocycles. The van der Waals surface area contributed by atoms with E-state index in [0.29, 0.717) is 19.0 Å². The van der Waals surface area contributed by atoms with Crippen LogP contribution in [0.4, 0.5) is 11.6 Å². The summed E-state index contributed by atoms with van der Waals surface area (Å²) in [5.41, 5.74) is 2.61. The molecule has 1 aromatic rings. The number of hydrazine groups is 1. The monoisotopic (exact) mass is 297 g/mol. The van der Waals surface area contributed by atoms with Gasteiger partial charge in [0.2, 0.25) is 0 Å². The van der Waals surface area contributed by atoms with Crippen LogP contribution in [0.15, 0.2) is 6.07 Å². The van der Waals surface area contributed by atoms with Gasteiger partial charge in [-0.2, -0.15) is 0 Å². The third kappa shape index (κ3) is 5.82. The molecule has 0 bridgehead atoms. The Balaban J connectivity index is 2.94. The van der Waals surface area contributed by atoms with Gasteiger partial charge in [-0.15, -0.1) is 0 Å². The van der Waals surface area contributed by atoms with Gasteiger partial charge < -0.3 is 19.8 Å².